The Morgan fingerprint density at radius 3 is 2.55 bits per heavy atom. The van der Waals surface area contributed by atoms with Crippen molar-refractivity contribution < 1.29 is 24.6 Å². The summed E-state index contributed by atoms with van der Waals surface area (Å²) >= 11 is 0. The highest BCUT2D eigenvalue weighted by atomic mass is 16.5. The Kier molecular flexibility index (Phi) is 5.69. The lowest BCUT2D eigenvalue weighted by molar-refractivity contribution is -0.948. The van der Waals surface area contributed by atoms with Crippen molar-refractivity contribution in [2.45, 2.75) is 32.4 Å². The molecule has 0 radical (unpaired) electrons. The van der Waals surface area contributed by atoms with Gasteiger partial charge < -0.3 is 19.6 Å². The van der Waals surface area contributed by atoms with Crippen LogP contribution in [0.15, 0.2) is 48.5 Å². The number of piperidine rings is 1. The Morgan fingerprint density at radius 2 is 1.83 bits per heavy atom. The summed E-state index contributed by atoms with van der Waals surface area (Å²) in [5.41, 5.74) is 2.95. The number of quaternary nitrogens is 2. The van der Waals surface area contributed by atoms with Gasteiger partial charge in [-0.15, -0.1) is 0 Å². The predicted octanol–water partition coefficient (Wildman–Crippen LogP) is 1.15. The molecule has 1 saturated heterocycles. The first-order valence-corrected chi connectivity index (χ1v) is 10.5. The van der Waals surface area contributed by atoms with Crippen molar-refractivity contribution in [1.29, 1.82) is 0 Å². The van der Waals surface area contributed by atoms with Crippen LogP contribution in [0.3, 0.4) is 0 Å². The average Bonchev–Trinajstić information content (AvgIpc) is 2.73. The summed E-state index contributed by atoms with van der Waals surface area (Å²) in [5, 5.41) is 11.9. The van der Waals surface area contributed by atoms with E-state index in [0.717, 1.165) is 40.2 Å². The van der Waals surface area contributed by atoms with Gasteiger partial charge in [0, 0.05) is 25.8 Å². The van der Waals surface area contributed by atoms with Crippen LogP contribution >= 0.6 is 0 Å². The third-order valence-electron chi connectivity index (χ3n) is 6.28. The third-order valence-corrected chi connectivity index (χ3v) is 6.28. The number of nitrogens with one attached hydrogen (secondary N) is 3. The number of ether oxygens (including phenoxy) is 1. The van der Waals surface area contributed by atoms with E-state index in [4.69, 9.17) is 4.74 Å². The molecular formula is C24H32N3O2+3. The fourth-order valence-electron chi connectivity index (χ4n) is 4.38. The van der Waals surface area contributed by atoms with Crippen LogP contribution < -0.4 is 19.5 Å². The van der Waals surface area contributed by atoms with Gasteiger partial charge in [-0.25, -0.2) is 4.98 Å². The molecule has 1 aliphatic heterocycles. The zero-order chi connectivity index (χ0) is 20.4. The first-order valence-electron chi connectivity index (χ1n) is 10.5. The van der Waals surface area contributed by atoms with Gasteiger partial charge >= 0.3 is 0 Å². The predicted molar refractivity (Wildman–Crippen MR) is 114 cm³/mol. The van der Waals surface area contributed by atoms with Crippen molar-refractivity contribution in [2.75, 3.05) is 27.2 Å². The Morgan fingerprint density at radius 1 is 1.10 bits per heavy atom. The lowest BCUT2D eigenvalue weighted by atomic mass is 10.0. The van der Waals surface area contributed by atoms with Gasteiger partial charge in [-0.05, 0) is 24.3 Å². The summed E-state index contributed by atoms with van der Waals surface area (Å²) in [6, 6.07) is 16.2. The first kappa shape index (κ1) is 19.7. The van der Waals surface area contributed by atoms with Crippen molar-refractivity contribution in [3.05, 3.63) is 59.8 Å². The number of aromatic amines is 1. The van der Waals surface area contributed by atoms with Gasteiger partial charge in [-0.1, -0.05) is 18.2 Å². The van der Waals surface area contributed by atoms with Gasteiger partial charge in [-0.2, -0.15) is 0 Å². The highest BCUT2D eigenvalue weighted by molar-refractivity contribution is 5.85. The smallest absolute Gasteiger partial charge is 0.215 e. The van der Waals surface area contributed by atoms with E-state index in [2.05, 4.69) is 26.0 Å². The van der Waals surface area contributed by atoms with E-state index < -0.39 is 0 Å². The van der Waals surface area contributed by atoms with Gasteiger partial charge in [0.2, 0.25) is 5.52 Å². The Bertz CT molecular complexity index is 982. The number of hydrogen-bond acceptors (Lipinski definition) is 2. The maximum Gasteiger partial charge on any atom is 0.215 e. The van der Waals surface area contributed by atoms with Crippen molar-refractivity contribution in [3.8, 4) is 17.2 Å². The Balaban J connectivity index is 1.60. The van der Waals surface area contributed by atoms with E-state index in [-0.39, 0.29) is 0 Å². The Labute approximate surface area is 172 Å². The summed E-state index contributed by atoms with van der Waals surface area (Å²) in [5.74, 6) is 1.88. The van der Waals surface area contributed by atoms with Crippen molar-refractivity contribution in [1.82, 2.24) is 0 Å². The number of hydrogen-bond donors (Lipinski definition) is 3. The molecule has 3 aromatic rings. The molecule has 0 aliphatic carbocycles. The third kappa shape index (κ3) is 4.36. The van der Waals surface area contributed by atoms with Crippen LogP contribution in [-0.2, 0) is 6.54 Å². The van der Waals surface area contributed by atoms with Crippen LogP contribution in [0, 0.1) is 6.92 Å². The number of fused-ring (bicyclic) bond motifs is 1. The summed E-state index contributed by atoms with van der Waals surface area (Å²) in [6.45, 7) is 5.33. The number of para-hydroxylation sites is 1. The van der Waals surface area contributed by atoms with Crippen LogP contribution in [-0.4, -0.2) is 38.3 Å². The monoisotopic (exact) mass is 394 g/mol. The fourth-order valence-corrected chi connectivity index (χ4v) is 4.38. The van der Waals surface area contributed by atoms with E-state index in [1.54, 1.807) is 4.90 Å². The van der Waals surface area contributed by atoms with Gasteiger partial charge in [0.05, 0.1) is 38.6 Å². The Hall–Kier alpha value is -2.63. The topological polar surface area (TPSA) is 52.5 Å². The number of rotatable bonds is 5. The van der Waals surface area contributed by atoms with Crippen molar-refractivity contribution >= 4 is 10.9 Å². The van der Waals surface area contributed by atoms with E-state index in [0.29, 0.717) is 11.8 Å². The molecule has 0 amide bonds. The van der Waals surface area contributed by atoms with Crippen LogP contribution in [0.2, 0.25) is 0 Å². The molecule has 5 heteroatoms. The molecule has 2 heterocycles. The SMILES string of the molecule is Cc1[nH+]c2ccc(Oc3ccccc3)cc2c(O)c1C[NH+](C)C1CC[NH+](C)CC1. The van der Waals surface area contributed by atoms with Crippen molar-refractivity contribution in [2.24, 2.45) is 0 Å². The number of aryl methyl sites for hydroxylation is 1. The van der Waals surface area contributed by atoms with Crippen LogP contribution in [0.25, 0.3) is 10.9 Å². The van der Waals surface area contributed by atoms with Gasteiger partial charge in [0.25, 0.3) is 0 Å². The molecule has 1 aliphatic rings. The average molecular weight is 395 g/mol. The number of H-pyrrole nitrogens is 1. The van der Waals surface area contributed by atoms with E-state index in [1.165, 1.54) is 30.8 Å². The molecule has 29 heavy (non-hydrogen) atoms. The maximum atomic E-state index is 11.1. The summed E-state index contributed by atoms with van der Waals surface area (Å²) in [7, 11) is 4.53. The van der Waals surface area contributed by atoms with Gasteiger partial charge in [0.15, 0.2) is 5.69 Å². The molecule has 4 rings (SSSR count). The van der Waals surface area contributed by atoms with E-state index in [1.807, 2.05) is 48.5 Å². The molecule has 2 aromatic carbocycles. The van der Waals surface area contributed by atoms with E-state index >= 15 is 0 Å². The zero-order valence-electron chi connectivity index (χ0n) is 17.6. The number of benzene rings is 2. The fraction of sp³-hybridized carbons (Fsp3) is 0.375. The standard InChI is InChI=1S/C24H29N3O2/c1-17-22(16-27(3)18-11-13-26(2)14-12-18)24(28)21-15-20(9-10-23(21)25-17)29-19-7-5-4-6-8-19/h4-10,15,18H,11-14,16H2,1-3H3,(H,25,28)/p+3. The molecule has 1 aromatic heterocycles. The lowest BCUT2D eigenvalue weighted by Crippen LogP contribution is -3.17. The summed E-state index contributed by atoms with van der Waals surface area (Å²) in [6.07, 6.45) is 2.48. The second-order valence-corrected chi connectivity index (χ2v) is 8.45. The minimum Gasteiger partial charge on any atom is -0.506 e. The summed E-state index contributed by atoms with van der Waals surface area (Å²) in [4.78, 5) is 6.57. The minimum absolute atomic E-state index is 0.368. The summed E-state index contributed by atoms with van der Waals surface area (Å²) < 4.78 is 5.97. The molecular weight excluding hydrogens is 362 g/mol. The second kappa shape index (κ2) is 8.39. The molecule has 1 atom stereocenters. The molecule has 0 spiro atoms. The molecule has 0 bridgehead atoms. The lowest BCUT2D eigenvalue weighted by Gasteiger charge is -2.30. The highest BCUT2D eigenvalue weighted by Gasteiger charge is 2.28. The molecule has 5 nitrogen and oxygen atoms in total. The van der Waals surface area contributed by atoms with Crippen LogP contribution in [0.1, 0.15) is 24.1 Å². The van der Waals surface area contributed by atoms with Gasteiger partial charge in [-0.3, -0.25) is 0 Å². The van der Waals surface area contributed by atoms with Crippen LogP contribution in [0.5, 0.6) is 17.2 Å². The van der Waals surface area contributed by atoms with Crippen LogP contribution in [0.4, 0.5) is 0 Å². The first-order chi connectivity index (χ1) is 14.0. The molecule has 1 fully saturated rings. The zero-order valence-corrected chi connectivity index (χ0v) is 17.6. The van der Waals surface area contributed by atoms with E-state index in [9.17, 15) is 5.11 Å². The number of pyridine rings is 1. The number of aromatic nitrogens is 1. The maximum absolute atomic E-state index is 11.1. The largest absolute Gasteiger partial charge is 0.506 e. The van der Waals surface area contributed by atoms with Gasteiger partial charge in [0.1, 0.15) is 29.4 Å². The normalized spacial score (nSPS) is 20.5. The quantitative estimate of drug-likeness (QED) is 0.608. The molecule has 0 saturated carbocycles. The number of likely N-dealkylation sites (tertiary alicyclic amines) is 1. The minimum atomic E-state index is 0.368. The van der Waals surface area contributed by atoms with Crippen molar-refractivity contribution in [3.63, 3.8) is 0 Å². The molecule has 152 valence electrons. The second-order valence-electron chi connectivity index (χ2n) is 8.45. The number of aromatic hydroxyl groups is 1. The molecule has 1 unspecified atom stereocenters. The molecule has 4 N–H and O–H groups in total. The highest BCUT2D eigenvalue weighted by Crippen LogP contribution is 2.31.